The predicted octanol–water partition coefficient (Wildman–Crippen LogP) is 2.46. The zero-order valence-corrected chi connectivity index (χ0v) is 15.4. The molecule has 25 heavy (non-hydrogen) atoms. The summed E-state index contributed by atoms with van der Waals surface area (Å²) in [5, 5.41) is 31.0. The van der Waals surface area contributed by atoms with E-state index in [0.717, 1.165) is 32.1 Å². The molecule has 0 aromatic rings. The first-order chi connectivity index (χ1) is 11.8. The van der Waals surface area contributed by atoms with Crippen molar-refractivity contribution < 1.29 is 20.1 Å². The highest BCUT2D eigenvalue weighted by Crippen LogP contribution is 2.66. The van der Waals surface area contributed by atoms with Gasteiger partial charge in [0.05, 0.1) is 18.8 Å². The summed E-state index contributed by atoms with van der Waals surface area (Å²) >= 11 is 0. The topological polar surface area (TPSA) is 77.8 Å². The highest BCUT2D eigenvalue weighted by molar-refractivity contribution is 5.91. The van der Waals surface area contributed by atoms with E-state index >= 15 is 0 Å². The van der Waals surface area contributed by atoms with Crippen molar-refractivity contribution in [3.8, 4) is 0 Å². The largest absolute Gasteiger partial charge is 0.394 e. The molecule has 7 unspecified atom stereocenters. The SMILES string of the molecule is CC12CCC(=O)C=C1CCC1C2[C@@H](O)CC2(C)C(C(O)CO)CCC12. The van der Waals surface area contributed by atoms with Gasteiger partial charge >= 0.3 is 0 Å². The van der Waals surface area contributed by atoms with Crippen LogP contribution in [0.15, 0.2) is 11.6 Å². The van der Waals surface area contributed by atoms with Crippen LogP contribution in [0.2, 0.25) is 0 Å². The molecule has 0 heterocycles. The van der Waals surface area contributed by atoms with Gasteiger partial charge in [-0.3, -0.25) is 4.79 Å². The van der Waals surface area contributed by atoms with Gasteiger partial charge in [0.1, 0.15) is 0 Å². The first-order valence-electron chi connectivity index (χ1n) is 10.0. The Morgan fingerprint density at radius 1 is 1.24 bits per heavy atom. The Labute approximate surface area is 150 Å². The number of aliphatic hydroxyl groups excluding tert-OH is 3. The van der Waals surface area contributed by atoms with Gasteiger partial charge in [-0.25, -0.2) is 0 Å². The number of hydrogen-bond acceptors (Lipinski definition) is 4. The molecule has 4 aliphatic carbocycles. The van der Waals surface area contributed by atoms with Gasteiger partial charge in [0.2, 0.25) is 0 Å². The summed E-state index contributed by atoms with van der Waals surface area (Å²) in [6.07, 6.45) is 7.00. The molecule has 8 atom stereocenters. The summed E-state index contributed by atoms with van der Waals surface area (Å²) in [6.45, 7) is 4.30. The van der Waals surface area contributed by atoms with E-state index in [1.807, 2.05) is 6.08 Å². The molecule has 0 saturated heterocycles. The molecule has 0 spiro atoms. The average molecular weight is 348 g/mol. The lowest BCUT2D eigenvalue weighted by molar-refractivity contribution is -0.143. The molecule has 3 fully saturated rings. The van der Waals surface area contributed by atoms with Gasteiger partial charge in [-0.1, -0.05) is 19.4 Å². The maximum atomic E-state index is 11.9. The van der Waals surface area contributed by atoms with Gasteiger partial charge in [0, 0.05) is 6.42 Å². The van der Waals surface area contributed by atoms with Crippen molar-refractivity contribution in [2.24, 2.45) is 34.5 Å². The van der Waals surface area contributed by atoms with Crippen LogP contribution in [0.1, 0.15) is 58.8 Å². The average Bonchev–Trinajstić information content (AvgIpc) is 2.91. The number of rotatable bonds is 2. The van der Waals surface area contributed by atoms with E-state index in [1.165, 1.54) is 5.57 Å². The van der Waals surface area contributed by atoms with Gasteiger partial charge in [0.15, 0.2) is 5.78 Å². The lowest BCUT2D eigenvalue weighted by Crippen LogP contribution is -2.57. The third kappa shape index (κ3) is 2.40. The van der Waals surface area contributed by atoms with Gasteiger partial charge in [-0.15, -0.1) is 0 Å². The first kappa shape index (κ1) is 17.7. The quantitative estimate of drug-likeness (QED) is 0.716. The van der Waals surface area contributed by atoms with E-state index < -0.39 is 6.10 Å². The number of fused-ring (bicyclic) bond motifs is 5. The summed E-state index contributed by atoms with van der Waals surface area (Å²) in [5.74, 6) is 1.51. The molecule has 4 nitrogen and oxygen atoms in total. The molecular weight excluding hydrogens is 316 g/mol. The van der Waals surface area contributed by atoms with E-state index in [4.69, 9.17) is 0 Å². The molecule has 4 heteroatoms. The fourth-order valence-electron chi connectivity index (χ4n) is 7.49. The normalized spacial score (nSPS) is 50.5. The standard InChI is InChI=1S/C21H32O4/c1-20-8-7-13(23)9-12(20)3-4-14-15-5-6-16(18(25)11-22)21(15,2)10-17(24)19(14)20/h9,14-19,22,24-25H,3-8,10-11H2,1-2H3/t14?,15?,16?,17-,18?,19?,20?,21?/m0/s1. The van der Waals surface area contributed by atoms with Crippen LogP contribution in [0.25, 0.3) is 0 Å². The monoisotopic (exact) mass is 348 g/mol. The second-order valence-corrected chi connectivity index (χ2v) is 9.60. The number of ketones is 1. The zero-order valence-electron chi connectivity index (χ0n) is 15.4. The summed E-state index contributed by atoms with van der Waals surface area (Å²) in [7, 11) is 0. The third-order valence-electron chi connectivity index (χ3n) is 8.62. The molecule has 0 aromatic heterocycles. The fourth-order valence-corrected chi connectivity index (χ4v) is 7.49. The van der Waals surface area contributed by atoms with Gasteiger partial charge < -0.3 is 15.3 Å². The molecule has 0 bridgehead atoms. The van der Waals surface area contributed by atoms with Gasteiger partial charge in [-0.05, 0) is 79.1 Å². The van der Waals surface area contributed by atoms with Crippen molar-refractivity contribution in [3.63, 3.8) is 0 Å². The van der Waals surface area contributed by atoms with Crippen LogP contribution in [-0.4, -0.2) is 39.9 Å². The molecule has 3 N–H and O–H groups in total. The molecular formula is C21H32O4. The first-order valence-corrected chi connectivity index (χ1v) is 10.0. The minimum absolute atomic E-state index is 0.0503. The molecule has 0 aromatic carbocycles. The molecule has 3 saturated carbocycles. The summed E-state index contributed by atoms with van der Waals surface area (Å²) < 4.78 is 0. The van der Waals surface area contributed by atoms with E-state index in [1.54, 1.807) is 0 Å². The number of carbonyl (C=O) groups is 1. The Balaban J connectivity index is 1.69. The third-order valence-corrected chi connectivity index (χ3v) is 8.62. The van der Waals surface area contributed by atoms with Crippen LogP contribution >= 0.6 is 0 Å². The van der Waals surface area contributed by atoms with Crippen LogP contribution in [0.5, 0.6) is 0 Å². The maximum Gasteiger partial charge on any atom is 0.155 e. The molecule has 4 rings (SSSR count). The molecule has 0 aliphatic heterocycles. The molecule has 140 valence electrons. The zero-order chi connectivity index (χ0) is 18.0. The van der Waals surface area contributed by atoms with E-state index in [9.17, 15) is 20.1 Å². The Morgan fingerprint density at radius 2 is 2.00 bits per heavy atom. The number of carbonyl (C=O) groups excluding carboxylic acids is 1. The van der Waals surface area contributed by atoms with Crippen molar-refractivity contribution in [1.82, 2.24) is 0 Å². The van der Waals surface area contributed by atoms with Crippen molar-refractivity contribution >= 4 is 5.78 Å². The fraction of sp³-hybridized carbons (Fsp3) is 0.857. The summed E-state index contributed by atoms with van der Waals surface area (Å²) in [5.41, 5.74) is 1.12. The van der Waals surface area contributed by atoms with Crippen LogP contribution in [-0.2, 0) is 4.79 Å². The second kappa shape index (κ2) is 5.90. The van der Waals surface area contributed by atoms with Crippen LogP contribution < -0.4 is 0 Å². The number of hydrogen-bond donors (Lipinski definition) is 3. The van der Waals surface area contributed by atoms with E-state index in [2.05, 4.69) is 13.8 Å². The molecule has 0 radical (unpaired) electrons. The molecule has 4 aliphatic rings. The van der Waals surface area contributed by atoms with Crippen molar-refractivity contribution in [3.05, 3.63) is 11.6 Å². The van der Waals surface area contributed by atoms with E-state index in [0.29, 0.717) is 24.7 Å². The van der Waals surface area contributed by atoms with Crippen molar-refractivity contribution in [2.45, 2.75) is 71.0 Å². The number of aliphatic hydroxyl groups is 3. The maximum absolute atomic E-state index is 11.9. The number of allylic oxidation sites excluding steroid dienone is 1. The van der Waals surface area contributed by atoms with Crippen LogP contribution in [0.4, 0.5) is 0 Å². The van der Waals surface area contributed by atoms with Gasteiger partial charge in [-0.2, -0.15) is 0 Å². The highest BCUT2D eigenvalue weighted by atomic mass is 16.3. The second-order valence-electron chi connectivity index (χ2n) is 9.60. The van der Waals surface area contributed by atoms with Crippen molar-refractivity contribution in [2.75, 3.05) is 6.61 Å². The Hall–Kier alpha value is -0.710. The van der Waals surface area contributed by atoms with E-state index in [-0.39, 0.29) is 41.2 Å². The minimum Gasteiger partial charge on any atom is -0.394 e. The Morgan fingerprint density at radius 3 is 2.72 bits per heavy atom. The highest BCUT2D eigenvalue weighted by Gasteiger charge is 2.62. The predicted molar refractivity (Wildman–Crippen MR) is 94.7 cm³/mol. The lowest BCUT2D eigenvalue weighted by atomic mass is 9.46. The Bertz CT molecular complexity index is 599. The van der Waals surface area contributed by atoms with Gasteiger partial charge in [0.25, 0.3) is 0 Å². The minimum atomic E-state index is -0.680. The molecule has 0 amide bonds. The Kier molecular flexibility index (Phi) is 4.17. The summed E-state index contributed by atoms with van der Waals surface area (Å²) in [4.78, 5) is 11.9. The van der Waals surface area contributed by atoms with Crippen LogP contribution in [0, 0.1) is 34.5 Å². The van der Waals surface area contributed by atoms with Crippen molar-refractivity contribution in [1.29, 1.82) is 0 Å². The summed E-state index contributed by atoms with van der Waals surface area (Å²) in [6, 6.07) is 0. The smallest absolute Gasteiger partial charge is 0.155 e. The lowest BCUT2D eigenvalue weighted by Gasteiger charge is -2.60. The van der Waals surface area contributed by atoms with Crippen LogP contribution in [0.3, 0.4) is 0 Å².